The van der Waals surface area contributed by atoms with Crippen LogP contribution in [0.2, 0.25) is 0 Å². The summed E-state index contributed by atoms with van der Waals surface area (Å²) >= 11 is 1.64. The van der Waals surface area contributed by atoms with Crippen molar-refractivity contribution in [3.63, 3.8) is 0 Å². The minimum Gasteiger partial charge on any atom is -0.465 e. The van der Waals surface area contributed by atoms with Gasteiger partial charge in [0.2, 0.25) is 5.91 Å². The molecule has 2 aromatic rings. The zero-order valence-electron chi connectivity index (χ0n) is 17.6. The fraction of sp³-hybridized carbons (Fsp3) is 0.435. The van der Waals surface area contributed by atoms with Crippen LogP contribution in [-0.4, -0.2) is 47.0 Å². The third-order valence-corrected chi connectivity index (χ3v) is 8.01. The number of nitrogens with one attached hydrogen (secondary N) is 1. The van der Waals surface area contributed by atoms with Gasteiger partial charge in [-0.15, -0.1) is 11.8 Å². The summed E-state index contributed by atoms with van der Waals surface area (Å²) in [5, 5.41) is 2.88. The Morgan fingerprint density at radius 1 is 1.19 bits per heavy atom. The lowest BCUT2D eigenvalue weighted by Crippen LogP contribution is -2.49. The number of amides is 3. The van der Waals surface area contributed by atoms with Gasteiger partial charge in [0.1, 0.15) is 17.8 Å². The zero-order valence-corrected chi connectivity index (χ0v) is 18.4. The van der Waals surface area contributed by atoms with Crippen molar-refractivity contribution in [1.82, 2.24) is 10.2 Å². The number of fused-ring (bicyclic) bond motifs is 1. The lowest BCUT2D eigenvalue weighted by molar-refractivity contribution is -0.117. The Hall–Kier alpha value is -2.81. The van der Waals surface area contributed by atoms with Gasteiger partial charge < -0.3 is 19.5 Å². The molecule has 0 aliphatic carbocycles. The van der Waals surface area contributed by atoms with Gasteiger partial charge in [0.05, 0.1) is 12.2 Å². The molecule has 0 saturated carbocycles. The molecule has 32 heavy (non-hydrogen) atoms. The summed E-state index contributed by atoms with van der Waals surface area (Å²) in [5.41, 5.74) is 1.20. The molecule has 0 atom stereocenters. The molecule has 5 rings (SSSR count). The molecule has 1 N–H and O–H groups in total. The molecule has 4 heterocycles. The van der Waals surface area contributed by atoms with E-state index in [1.807, 2.05) is 0 Å². The molecule has 0 unspecified atom stereocenters. The second kappa shape index (κ2) is 8.27. The third kappa shape index (κ3) is 4.01. The fourth-order valence-electron chi connectivity index (χ4n) is 4.66. The number of nitrogens with zero attached hydrogens (tertiary/aromatic N) is 2. The van der Waals surface area contributed by atoms with Crippen LogP contribution in [0.15, 0.2) is 39.8 Å². The SMILES string of the molecule is O=C1CC2(CCN(C(=O)NCc3cc(N4CCCC4=O)co3)CC2)Sc2ccc(F)cc21. The topological polar surface area (TPSA) is 82.9 Å². The first kappa shape index (κ1) is 21.1. The van der Waals surface area contributed by atoms with E-state index in [1.165, 1.54) is 12.1 Å². The normalized spacial score (nSPS) is 20.0. The van der Waals surface area contributed by atoms with Crippen LogP contribution in [0.5, 0.6) is 0 Å². The quantitative estimate of drug-likeness (QED) is 0.754. The van der Waals surface area contributed by atoms with Crippen LogP contribution >= 0.6 is 11.8 Å². The highest BCUT2D eigenvalue weighted by Crippen LogP contribution is 2.49. The molecule has 2 saturated heterocycles. The number of Topliss-reactive ketones (excluding diaryl/α,β-unsaturated/α-hetero) is 1. The maximum atomic E-state index is 13.5. The Bertz CT molecular complexity index is 1080. The summed E-state index contributed by atoms with van der Waals surface area (Å²) in [6.07, 6.45) is 4.73. The van der Waals surface area contributed by atoms with Gasteiger partial charge in [-0.25, -0.2) is 9.18 Å². The molecule has 0 radical (unpaired) electrons. The molecular weight excluding hydrogens is 433 g/mol. The molecule has 1 aromatic carbocycles. The van der Waals surface area contributed by atoms with E-state index in [0.29, 0.717) is 56.6 Å². The Morgan fingerprint density at radius 2 is 2.00 bits per heavy atom. The van der Waals surface area contributed by atoms with Crippen molar-refractivity contribution in [3.8, 4) is 0 Å². The van der Waals surface area contributed by atoms with Crippen LogP contribution in [-0.2, 0) is 11.3 Å². The van der Waals surface area contributed by atoms with E-state index in [-0.39, 0.29) is 29.0 Å². The van der Waals surface area contributed by atoms with E-state index in [9.17, 15) is 18.8 Å². The van der Waals surface area contributed by atoms with Crippen molar-refractivity contribution >= 4 is 35.2 Å². The van der Waals surface area contributed by atoms with E-state index in [1.54, 1.807) is 40.0 Å². The third-order valence-electron chi connectivity index (χ3n) is 6.45. The average Bonchev–Trinajstić information content (AvgIpc) is 3.42. The lowest BCUT2D eigenvalue weighted by Gasteiger charge is -2.43. The van der Waals surface area contributed by atoms with Gasteiger partial charge in [-0.05, 0) is 37.5 Å². The van der Waals surface area contributed by atoms with E-state index in [0.717, 1.165) is 17.0 Å². The number of benzene rings is 1. The molecule has 1 spiro atoms. The summed E-state index contributed by atoms with van der Waals surface area (Å²) in [6.45, 7) is 2.04. The van der Waals surface area contributed by atoms with E-state index >= 15 is 0 Å². The highest BCUT2D eigenvalue weighted by molar-refractivity contribution is 8.01. The molecule has 2 fully saturated rings. The van der Waals surface area contributed by atoms with E-state index in [2.05, 4.69) is 5.32 Å². The standard InChI is InChI=1S/C23H24FN3O4S/c24-15-3-4-20-18(10-15)19(28)12-23(32-20)5-8-26(9-6-23)22(30)25-13-17-11-16(14-31-17)27-7-1-2-21(27)29/h3-4,10-11,14H,1-2,5-9,12-13H2,(H,25,30). The summed E-state index contributed by atoms with van der Waals surface area (Å²) in [6, 6.07) is 6.00. The average molecular weight is 458 g/mol. The Labute approximate surface area is 189 Å². The minimum absolute atomic E-state index is 0.0266. The van der Waals surface area contributed by atoms with Crippen molar-refractivity contribution in [3.05, 3.63) is 47.7 Å². The number of carbonyl (C=O) groups excluding carboxylic acids is 3. The van der Waals surface area contributed by atoms with Gasteiger partial charge in [-0.3, -0.25) is 9.59 Å². The number of anilines is 1. The summed E-state index contributed by atoms with van der Waals surface area (Å²) in [4.78, 5) is 41.4. The monoisotopic (exact) mass is 457 g/mol. The van der Waals surface area contributed by atoms with Gasteiger partial charge in [-0.1, -0.05) is 0 Å². The number of hydrogen-bond donors (Lipinski definition) is 1. The number of ketones is 1. The number of piperidine rings is 1. The van der Waals surface area contributed by atoms with Crippen molar-refractivity contribution in [2.75, 3.05) is 24.5 Å². The second-order valence-electron chi connectivity index (χ2n) is 8.59. The van der Waals surface area contributed by atoms with Crippen LogP contribution in [0, 0.1) is 5.82 Å². The van der Waals surface area contributed by atoms with Gasteiger partial charge in [0.25, 0.3) is 0 Å². The van der Waals surface area contributed by atoms with E-state index in [4.69, 9.17) is 4.42 Å². The summed E-state index contributed by atoms with van der Waals surface area (Å²) in [7, 11) is 0. The predicted octanol–water partition coefficient (Wildman–Crippen LogP) is 3.97. The molecule has 9 heteroatoms. The highest BCUT2D eigenvalue weighted by atomic mass is 32.2. The summed E-state index contributed by atoms with van der Waals surface area (Å²) < 4.78 is 18.8. The van der Waals surface area contributed by atoms with Crippen LogP contribution in [0.4, 0.5) is 14.9 Å². The molecule has 3 amide bonds. The molecule has 168 valence electrons. The summed E-state index contributed by atoms with van der Waals surface area (Å²) in [5.74, 6) is 0.270. The highest BCUT2D eigenvalue weighted by Gasteiger charge is 2.42. The van der Waals surface area contributed by atoms with Crippen LogP contribution < -0.4 is 10.2 Å². The Balaban J connectivity index is 1.15. The molecule has 3 aliphatic heterocycles. The molecular formula is C23H24FN3O4S. The van der Waals surface area contributed by atoms with Gasteiger partial charge in [0.15, 0.2) is 5.78 Å². The first-order valence-corrected chi connectivity index (χ1v) is 11.7. The smallest absolute Gasteiger partial charge is 0.317 e. The van der Waals surface area contributed by atoms with Crippen LogP contribution in [0.1, 0.15) is 48.2 Å². The van der Waals surface area contributed by atoms with Crippen molar-refractivity contribution in [2.45, 2.75) is 48.3 Å². The number of halogens is 1. The number of likely N-dealkylation sites (tertiary alicyclic amines) is 1. The van der Waals surface area contributed by atoms with Crippen LogP contribution in [0.25, 0.3) is 0 Å². The second-order valence-corrected chi connectivity index (χ2v) is 10.1. The first-order chi connectivity index (χ1) is 15.4. The maximum absolute atomic E-state index is 13.5. The van der Waals surface area contributed by atoms with Crippen molar-refractivity contribution in [2.24, 2.45) is 0 Å². The van der Waals surface area contributed by atoms with E-state index < -0.39 is 5.82 Å². The van der Waals surface area contributed by atoms with Gasteiger partial charge >= 0.3 is 6.03 Å². The maximum Gasteiger partial charge on any atom is 0.317 e. The van der Waals surface area contributed by atoms with Crippen molar-refractivity contribution in [1.29, 1.82) is 0 Å². The number of thioether (sulfide) groups is 1. The Kier molecular flexibility index (Phi) is 5.44. The predicted molar refractivity (Wildman–Crippen MR) is 117 cm³/mol. The number of carbonyl (C=O) groups is 3. The molecule has 7 nitrogen and oxygen atoms in total. The fourth-order valence-corrected chi connectivity index (χ4v) is 6.14. The number of urea groups is 1. The first-order valence-electron chi connectivity index (χ1n) is 10.8. The minimum atomic E-state index is -0.393. The molecule has 0 bridgehead atoms. The zero-order chi connectivity index (χ0) is 22.3. The lowest BCUT2D eigenvalue weighted by atomic mass is 9.88. The number of furan rings is 1. The van der Waals surface area contributed by atoms with Crippen LogP contribution in [0.3, 0.4) is 0 Å². The molecule has 3 aliphatic rings. The molecule has 1 aromatic heterocycles. The number of hydrogen-bond acceptors (Lipinski definition) is 5. The number of rotatable bonds is 3. The van der Waals surface area contributed by atoms with Gasteiger partial charge in [0, 0.05) is 53.7 Å². The van der Waals surface area contributed by atoms with Crippen molar-refractivity contribution < 1.29 is 23.2 Å². The largest absolute Gasteiger partial charge is 0.465 e. The van der Waals surface area contributed by atoms with Gasteiger partial charge in [-0.2, -0.15) is 0 Å². The Morgan fingerprint density at radius 3 is 2.75 bits per heavy atom.